The van der Waals surface area contributed by atoms with Gasteiger partial charge in [0, 0.05) is 24.2 Å². The summed E-state index contributed by atoms with van der Waals surface area (Å²) in [6, 6.07) is 12.4. The van der Waals surface area contributed by atoms with E-state index in [1.54, 1.807) is 23.1 Å². The van der Waals surface area contributed by atoms with E-state index in [-0.39, 0.29) is 24.2 Å². The second-order valence-corrected chi connectivity index (χ2v) is 7.77. The lowest BCUT2D eigenvalue weighted by molar-refractivity contribution is -0.148. The molecule has 0 aliphatic carbocycles. The Bertz CT molecular complexity index is 993. The first-order valence-corrected chi connectivity index (χ1v) is 10.5. The van der Waals surface area contributed by atoms with E-state index in [4.69, 9.17) is 14.2 Å². The number of carbonyl (C=O) groups excluding carboxylic acids is 3. The van der Waals surface area contributed by atoms with E-state index in [2.05, 4.69) is 0 Å². The molecule has 0 N–H and O–H groups in total. The van der Waals surface area contributed by atoms with Crippen molar-refractivity contribution in [3.8, 4) is 11.5 Å². The molecule has 1 saturated heterocycles. The van der Waals surface area contributed by atoms with Crippen LogP contribution in [0.15, 0.2) is 42.5 Å². The Hall–Kier alpha value is -3.35. The number of esters is 1. The molecule has 7 nitrogen and oxygen atoms in total. The molecule has 2 aromatic carbocycles. The second-order valence-electron chi connectivity index (χ2n) is 7.77. The summed E-state index contributed by atoms with van der Waals surface area (Å²) in [7, 11) is 0. The van der Waals surface area contributed by atoms with Gasteiger partial charge < -0.3 is 19.1 Å². The van der Waals surface area contributed by atoms with Crippen LogP contribution in [0.1, 0.15) is 39.1 Å². The molecule has 0 atom stereocenters. The molecule has 4 rings (SSSR count). The zero-order valence-corrected chi connectivity index (χ0v) is 17.5. The van der Waals surface area contributed by atoms with Gasteiger partial charge in [-0.2, -0.15) is 0 Å². The maximum absolute atomic E-state index is 12.7. The number of likely N-dealkylation sites (tertiary alicyclic amines) is 1. The van der Waals surface area contributed by atoms with Crippen LogP contribution in [-0.2, 0) is 9.53 Å². The standard InChI is InChI=1S/C24H25NO6/c1-16-4-2-3-5-19(16)23(27)25-10-8-17(9-11-25)24(28)31-15-20(26)18-6-7-21-22(14-18)30-13-12-29-21/h2-7,14,17H,8-13,15H2,1H3. The van der Waals surface area contributed by atoms with Crippen LogP contribution in [0, 0.1) is 12.8 Å². The number of carbonyl (C=O) groups is 3. The number of Topliss-reactive ketones (excluding diaryl/α,β-unsaturated/α-hetero) is 1. The van der Waals surface area contributed by atoms with E-state index in [9.17, 15) is 14.4 Å². The summed E-state index contributed by atoms with van der Waals surface area (Å²) < 4.78 is 16.2. The lowest BCUT2D eigenvalue weighted by Gasteiger charge is -2.31. The number of aryl methyl sites for hydroxylation is 1. The minimum atomic E-state index is -0.395. The van der Waals surface area contributed by atoms with E-state index < -0.39 is 5.97 Å². The minimum absolute atomic E-state index is 0.0151. The van der Waals surface area contributed by atoms with Crippen molar-refractivity contribution in [1.82, 2.24) is 4.90 Å². The first kappa shape index (κ1) is 20.9. The van der Waals surface area contributed by atoms with Crippen LogP contribution >= 0.6 is 0 Å². The van der Waals surface area contributed by atoms with Gasteiger partial charge in [0.05, 0.1) is 5.92 Å². The zero-order chi connectivity index (χ0) is 21.8. The summed E-state index contributed by atoms with van der Waals surface area (Å²) >= 11 is 0. The van der Waals surface area contributed by atoms with Crippen LogP contribution in [-0.4, -0.2) is 55.5 Å². The lowest BCUT2D eigenvalue weighted by atomic mass is 9.96. The van der Waals surface area contributed by atoms with Crippen LogP contribution in [0.25, 0.3) is 0 Å². The van der Waals surface area contributed by atoms with Gasteiger partial charge in [0.2, 0.25) is 0 Å². The third kappa shape index (κ3) is 4.71. The normalized spacial score (nSPS) is 16.0. The van der Waals surface area contributed by atoms with Crippen molar-refractivity contribution in [2.75, 3.05) is 32.9 Å². The first-order chi connectivity index (χ1) is 15.0. The predicted octanol–water partition coefficient (Wildman–Crippen LogP) is 3.04. The Morgan fingerprint density at radius 2 is 1.71 bits per heavy atom. The Morgan fingerprint density at radius 3 is 2.45 bits per heavy atom. The number of ketones is 1. The minimum Gasteiger partial charge on any atom is -0.486 e. The summed E-state index contributed by atoms with van der Waals surface area (Å²) in [5.74, 6) is 0.111. The Kier molecular flexibility index (Phi) is 6.21. The van der Waals surface area contributed by atoms with Crippen molar-refractivity contribution in [1.29, 1.82) is 0 Å². The van der Waals surface area contributed by atoms with E-state index in [0.717, 1.165) is 5.56 Å². The smallest absolute Gasteiger partial charge is 0.309 e. The molecule has 7 heteroatoms. The van der Waals surface area contributed by atoms with Crippen LogP contribution in [0.4, 0.5) is 0 Å². The lowest BCUT2D eigenvalue weighted by Crippen LogP contribution is -2.41. The van der Waals surface area contributed by atoms with E-state index in [1.807, 2.05) is 31.2 Å². The maximum atomic E-state index is 12.7. The van der Waals surface area contributed by atoms with Crippen molar-refractivity contribution in [3.05, 3.63) is 59.2 Å². The third-order valence-corrected chi connectivity index (χ3v) is 5.70. The van der Waals surface area contributed by atoms with Gasteiger partial charge in [0.15, 0.2) is 23.9 Å². The molecule has 31 heavy (non-hydrogen) atoms. The molecule has 1 fully saturated rings. The number of benzene rings is 2. The molecule has 0 bridgehead atoms. The molecule has 0 aromatic heterocycles. The molecule has 162 valence electrons. The van der Waals surface area contributed by atoms with Crippen molar-refractivity contribution in [2.45, 2.75) is 19.8 Å². The summed E-state index contributed by atoms with van der Waals surface area (Å²) in [5.41, 5.74) is 2.04. The molecular weight excluding hydrogens is 398 g/mol. The van der Waals surface area contributed by atoms with Gasteiger partial charge in [0.1, 0.15) is 13.2 Å². The fourth-order valence-electron chi connectivity index (χ4n) is 3.86. The quantitative estimate of drug-likeness (QED) is 0.543. The number of piperidine rings is 1. The summed E-state index contributed by atoms with van der Waals surface area (Å²) in [6.07, 6.45) is 1.04. The molecule has 1 amide bonds. The van der Waals surface area contributed by atoms with Crippen molar-refractivity contribution < 1.29 is 28.6 Å². The van der Waals surface area contributed by atoms with Gasteiger partial charge in [-0.25, -0.2) is 0 Å². The maximum Gasteiger partial charge on any atom is 0.309 e. The predicted molar refractivity (Wildman–Crippen MR) is 113 cm³/mol. The highest BCUT2D eigenvalue weighted by molar-refractivity contribution is 5.98. The largest absolute Gasteiger partial charge is 0.486 e. The van der Waals surface area contributed by atoms with Gasteiger partial charge in [-0.15, -0.1) is 0 Å². The topological polar surface area (TPSA) is 82.1 Å². The zero-order valence-electron chi connectivity index (χ0n) is 17.5. The SMILES string of the molecule is Cc1ccccc1C(=O)N1CCC(C(=O)OCC(=O)c2ccc3c(c2)OCCO3)CC1. The van der Waals surface area contributed by atoms with Gasteiger partial charge >= 0.3 is 5.97 Å². The van der Waals surface area contributed by atoms with Crippen LogP contribution in [0.5, 0.6) is 11.5 Å². The van der Waals surface area contributed by atoms with Crippen LogP contribution in [0.3, 0.4) is 0 Å². The summed E-state index contributed by atoms with van der Waals surface area (Å²) in [6.45, 7) is 3.49. The second kappa shape index (κ2) is 9.20. The summed E-state index contributed by atoms with van der Waals surface area (Å²) in [4.78, 5) is 39.4. The van der Waals surface area contributed by atoms with Gasteiger partial charge in [-0.3, -0.25) is 14.4 Å². The fourth-order valence-corrected chi connectivity index (χ4v) is 3.86. The van der Waals surface area contributed by atoms with Crippen molar-refractivity contribution in [2.24, 2.45) is 5.92 Å². The molecule has 0 saturated carbocycles. The highest BCUT2D eigenvalue weighted by Gasteiger charge is 2.29. The molecule has 2 aromatic rings. The third-order valence-electron chi connectivity index (χ3n) is 5.70. The van der Waals surface area contributed by atoms with Gasteiger partial charge in [-0.05, 0) is 49.6 Å². The van der Waals surface area contributed by atoms with Gasteiger partial charge in [0.25, 0.3) is 5.91 Å². The monoisotopic (exact) mass is 423 g/mol. The molecule has 2 heterocycles. The Morgan fingerprint density at radius 1 is 1.00 bits per heavy atom. The van der Waals surface area contributed by atoms with Crippen molar-refractivity contribution in [3.63, 3.8) is 0 Å². The van der Waals surface area contributed by atoms with E-state index >= 15 is 0 Å². The average molecular weight is 423 g/mol. The molecule has 0 radical (unpaired) electrons. The molecule has 0 spiro atoms. The molecule has 2 aliphatic heterocycles. The van der Waals surface area contributed by atoms with Crippen LogP contribution < -0.4 is 9.47 Å². The Balaban J connectivity index is 1.27. The number of fused-ring (bicyclic) bond motifs is 1. The number of ether oxygens (including phenoxy) is 3. The van der Waals surface area contributed by atoms with Gasteiger partial charge in [-0.1, -0.05) is 18.2 Å². The number of amides is 1. The number of nitrogens with zero attached hydrogens (tertiary/aromatic N) is 1. The van der Waals surface area contributed by atoms with E-state index in [1.165, 1.54) is 0 Å². The molecule has 2 aliphatic rings. The number of rotatable bonds is 5. The average Bonchev–Trinajstić information content (AvgIpc) is 2.82. The van der Waals surface area contributed by atoms with E-state index in [0.29, 0.717) is 61.8 Å². The first-order valence-electron chi connectivity index (χ1n) is 10.5. The highest BCUT2D eigenvalue weighted by Crippen LogP contribution is 2.31. The van der Waals surface area contributed by atoms with Crippen molar-refractivity contribution >= 4 is 17.7 Å². The highest BCUT2D eigenvalue weighted by atomic mass is 16.6. The molecule has 0 unspecified atom stereocenters. The summed E-state index contributed by atoms with van der Waals surface area (Å²) in [5, 5.41) is 0. The number of hydrogen-bond acceptors (Lipinski definition) is 6. The van der Waals surface area contributed by atoms with Crippen LogP contribution in [0.2, 0.25) is 0 Å². The number of hydrogen-bond donors (Lipinski definition) is 0. The Labute approximate surface area is 180 Å². The molecular formula is C24H25NO6. The fraction of sp³-hybridized carbons (Fsp3) is 0.375.